The van der Waals surface area contributed by atoms with Crippen molar-refractivity contribution in [3.63, 3.8) is 0 Å². The first-order chi connectivity index (χ1) is 21.9. The van der Waals surface area contributed by atoms with Gasteiger partial charge >= 0.3 is 17.2 Å². The fourth-order valence-corrected chi connectivity index (χ4v) is 9.47. The van der Waals surface area contributed by atoms with Gasteiger partial charge in [-0.05, 0) is 97.1 Å². The minimum Gasteiger partial charge on any atom is -0.408 e. The molecule has 0 unspecified atom stereocenters. The average molecular weight is 651 g/mol. The molecule has 9 heteroatoms. The quantitative estimate of drug-likeness (QED) is 0.166. The van der Waals surface area contributed by atoms with Crippen LogP contribution in [0.4, 0.5) is 0 Å². The molecular weight excluding hydrogens is 622 g/mol. The lowest BCUT2D eigenvalue weighted by Gasteiger charge is -2.26. The second-order valence-electron chi connectivity index (χ2n) is 11.1. The summed E-state index contributed by atoms with van der Waals surface area (Å²) >= 11 is 1.58. The Hall–Kier alpha value is -4.15. The highest BCUT2D eigenvalue weighted by Gasteiger charge is 2.31. The molecule has 6 aromatic carbocycles. The van der Waals surface area contributed by atoms with Gasteiger partial charge in [-0.3, -0.25) is 0 Å². The lowest BCUT2D eigenvalue weighted by molar-refractivity contribution is 0.376. The van der Waals surface area contributed by atoms with Gasteiger partial charge in [0.05, 0.1) is 20.6 Å². The van der Waals surface area contributed by atoms with E-state index in [-0.39, 0.29) is 0 Å². The molecule has 6 aromatic rings. The van der Waals surface area contributed by atoms with Crippen molar-refractivity contribution in [1.29, 1.82) is 0 Å². The third-order valence-electron chi connectivity index (χ3n) is 7.67. The van der Waals surface area contributed by atoms with Crippen LogP contribution in [0.15, 0.2) is 107 Å². The number of hydrogen-bond donors (Lipinski definition) is 0. The molecule has 8 rings (SSSR count). The Balaban J connectivity index is 1.11. The lowest BCUT2D eigenvalue weighted by Crippen LogP contribution is -2.08. The van der Waals surface area contributed by atoms with E-state index in [4.69, 9.17) is 27.1 Å². The summed E-state index contributed by atoms with van der Waals surface area (Å²) in [4.78, 5) is 1.87. The molecule has 0 aromatic heterocycles. The fourth-order valence-electron chi connectivity index (χ4n) is 5.77. The second kappa shape index (κ2) is 11.3. The molecule has 0 atom stereocenters. The molecule has 0 radical (unpaired) electrons. The van der Waals surface area contributed by atoms with Crippen molar-refractivity contribution in [2.24, 2.45) is 0 Å². The summed E-state index contributed by atoms with van der Waals surface area (Å²) in [6.07, 6.45) is 0. The van der Waals surface area contributed by atoms with E-state index in [1.165, 1.54) is 0 Å². The standard InChI is InChI=1S/C36H28O6P2S/c1-21-17-23(3)35(41-43-37-27-13-5-9-25-10-6-14-28(38-43)33(25)27)31(19-21)45-32-20-22(2)18-24(4)36(32)42-44-39-29-15-7-11-26-12-8-16-30(40-44)34(26)29/h5-20H,1-4H3. The molecule has 6 nitrogen and oxygen atoms in total. The Morgan fingerprint density at radius 1 is 0.489 bits per heavy atom. The van der Waals surface area contributed by atoms with Crippen LogP contribution in [0.2, 0.25) is 0 Å². The molecule has 0 saturated carbocycles. The molecule has 2 aliphatic rings. The number of hydrogen-bond acceptors (Lipinski definition) is 7. The van der Waals surface area contributed by atoms with Crippen molar-refractivity contribution >= 4 is 50.5 Å². The summed E-state index contributed by atoms with van der Waals surface area (Å²) in [5.74, 6) is 4.47. The molecule has 0 aliphatic carbocycles. The SMILES string of the molecule is Cc1cc(C)c(OP2Oc3cccc4cccc(c34)O2)c(Sc2cc(C)cc(C)c2OP2Oc3cccc4cccc(c34)O2)c1. The van der Waals surface area contributed by atoms with Crippen LogP contribution in [0.3, 0.4) is 0 Å². The van der Waals surface area contributed by atoms with Gasteiger partial charge in [-0.15, -0.1) is 0 Å². The molecule has 0 amide bonds. The van der Waals surface area contributed by atoms with E-state index >= 15 is 0 Å². The van der Waals surface area contributed by atoms with Gasteiger partial charge < -0.3 is 27.1 Å². The highest BCUT2D eigenvalue weighted by molar-refractivity contribution is 7.99. The van der Waals surface area contributed by atoms with Crippen LogP contribution in [0.1, 0.15) is 22.3 Å². The van der Waals surface area contributed by atoms with Crippen LogP contribution in [-0.4, -0.2) is 0 Å². The van der Waals surface area contributed by atoms with Gasteiger partial charge in [-0.1, -0.05) is 72.4 Å². The minimum absolute atomic E-state index is 0.713. The summed E-state index contributed by atoms with van der Waals surface area (Å²) in [6, 6.07) is 32.4. The highest BCUT2D eigenvalue weighted by atomic mass is 32.2. The van der Waals surface area contributed by atoms with Gasteiger partial charge in [0.1, 0.15) is 34.5 Å². The number of benzene rings is 6. The first-order valence-corrected chi connectivity index (χ1v) is 17.5. The van der Waals surface area contributed by atoms with Crippen molar-refractivity contribution < 1.29 is 27.1 Å². The van der Waals surface area contributed by atoms with E-state index in [2.05, 4.69) is 62.4 Å². The van der Waals surface area contributed by atoms with Crippen LogP contribution in [0, 0.1) is 27.7 Å². The third-order valence-corrected chi connectivity index (χ3v) is 10.8. The van der Waals surface area contributed by atoms with Crippen molar-refractivity contribution in [1.82, 2.24) is 0 Å². The Labute approximate surface area is 268 Å². The van der Waals surface area contributed by atoms with Crippen LogP contribution in [0.25, 0.3) is 21.5 Å². The van der Waals surface area contributed by atoms with E-state index in [9.17, 15) is 0 Å². The third kappa shape index (κ3) is 5.29. The second-order valence-corrected chi connectivity index (χ2v) is 14.2. The van der Waals surface area contributed by atoms with E-state index in [0.29, 0.717) is 11.5 Å². The maximum absolute atomic E-state index is 6.57. The molecule has 0 saturated heterocycles. The predicted octanol–water partition coefficient (Wildman–Crippen LogP) is 11.5. The zero-order valence-corrected chi connectivity index (χ0v) is 27.6. The molecule has 2 aliphatic heterocycles. The van der Waals surface area contributed by atoms with Gasteiger partial charge in [-0.2, -0.15) is 0 Å². The molecule has 2 heterocycles. The molecule has 45 heavy (non-hydrogen) atoms. The van der Waals surface area contributed by atoms with Gasteiger partial charge in [0, 0.05) is 0 Å². The summed E-state index contributed by atoms with van der Waals surface area (Å²) in [5, 5.41) is 4.06. The number of rotatable bonds is 6. The van der Waals surface area contributed by atoms with Gasteiger partial charge in [-0.25, -0.2) is 0 Å². The smallest absolute Gasteiger partial charge is 0.408 e. The molecular formula is C36H28O6P2S. The average Bonchev–Trinajstić information content (AvgIpc) is 3.01. The summed E-state index contributed by atoms with van der Waals surface area (Å²) in [7, 11) is -3.47. The van der Waals surface area contributed by atoms with Crippen molar-refractivity contribution in [3.8, 4) is 34.5 Å². The van der Waals surface area contributed by atoms with Gasteiger partial charge in [0.2, 0.25) is 0 Å². The van der Waals surface area contributed by atoms with Crippen molar-refractivity contribution in [2.45, 2.75) is 37.5 Å². The largest absolute Gasteiger partial charge is 0.530 e. The maximum atomic E-state index is 6.57. The van der Waals surface area contributed by atoms with Crippen LogP contribution in [0.5, 0.6) is 34.5 Å². The van der Waals surface area contributed by atoms with E-state index in [1.54, 1.807) is 11.8 Å². The highest BCUT2D eigenvalue weighted by Crippen LogP contribution is 2.56. The molecule has 0 bridgehead atoms. The summed E-state index contributed by atoms with van der Waals surface area (Å²) in [6.45, 7) is 8.26. The van der Waals surface area contributed by atoms with Crippen LogP contribution in [-0.2, 0) is 0 Å². The zero-order valence-electron chi connectivity index (χ0n) is 25.0. The normalized spacial score (nSPS) is 14.0. The molecule has 0 spiro atoms. The monoisotopic (exact) mass is 650 g/mol. The van der Waals surface area contributed by atoms with E-state index in [1.807, 2.05) is 62.4 Å². The Kier molecular flexibility index (Phi) is 7.14. The van der Waals surface area contributed by atoms with Crippen LogP contribution < -0.4 is 27.1 Å². The molecule has 0 N–H and O–H groups in total. The predicted molar refractivity (Wildman–Crippen MR) is 181 cm³/mol. The van der Waals surface area contributed by atoms with E-state index in [0.717, 1.165) is 76.6 Å². The maximum Gasteiger partial charge on any atom is 0.530 e. The van der Waals surface area contributed by atoms with Crippen LogP contribution >= 0.6 is 29.0 Å². The minimum atomic E-state index is -1.73. The molecule has 224 valence electrons. The first kappa shape index (κ1) is 28.3. The zero-order chi connectivity index (χ0) is 30.7. The summed E-state index contributed by atoms with van der Waals surface area (Å²) < 4.78 is 38.2. The fraction of sp³-hybridized carbons (Fsp3) is 0.111. The van der Waals surface area contributed by atoms with E-state index < -0.39 is 17.2 Å². The summed E-state index contributed by atoms with van der Waals surface area (Å²) in [5.41, 5.74) is 4.22. The number of aryl methyl sites for hydroxylation is 4. The Morgan fingerprint density at radius 3 is 1.20 bits per heavy atom. The topological polar surface area (TPSA) is 55.4 Å². The van der Waals surface area contributed by atoms with Gasteiger partial charge in [0.25, 0.3) is 0 Å². The Morgan fingerprint density at radius 2 is 0.844 bits per heavy atom. The lowest BCUT2D eigenvalue weighted by atomic mass is 10.1. The van der Waals surface area contributed by atoms with Gasteiger partial charge in [0.15, 0.2) is 0 Å². The van der Waals surface area contributed by atoms with Crippen molar-refractivity contribution in [2.75, 3.05) is 0 Å². The van der Waals surface area contributed by atoms with Crippen molar-refractivity contribution in [3.05, 3.63) is 119 Å². The molecule has 0 fully saturated rings. The Bertz CT molecular complexity index is 1900. The first-order valence-electron chi connectivity index (χ1n) is 14.5.